The molecule has 3 rings (SSSR count). The van der Waals surface area contributed by atoms with Crippen molar-refractivity contribution in [3.05, 3.63) is 0 Å². The van der Waals surface area contributed by atoms with Crippen LogP contribution < -0.4 is 5.73 Å². The van der Waals surface area contributed by atoms with Crippen molar-refractivity contribution in [3.63, 3.8) is 0 Å². The van der Waals surface area contributed by atoms with Gasteiger partial charge in [-0.25, -0.2) is 0 Å². The standard InChI is InChI=1S/C15H26N2O2/c1-19-14(18)11-4-8-17(9-5-11)12-2-6-15(7-3-12)10-13(15)16/h11-13H,2-10,16H2,1H3. The minimum Gasteiger partial charge on any atom is -0.469 e. The van der Waals surface area contributed by atoms with E-state index in [0.717, 1.165) is 32.0 Å². The Kier molecular flexibility index (Phi) is 3.56. The third-order valence-electron chi connectivity index (χ3n) is 5.78. The Morgan fingerprint density at radius 1 is 1.21 bits per heavy atom. The van der Waals surface area contributed by atoms with Crippen molar-refractivity contribution in [3.8, 4) is 0 Å². The lowest BCUT2D eigenvalue weighted by molar-refractivity contribution is -0.147. The first-order chi connectivity index (χ1) is 9.14. The van der Waals surface area contributed by atoms with Gasteiger partial charge in [-0.2, -0.15) is 0 Å². The first-order valence-corrected chi connectivity index (χ1v) is 7.72. The van der Waals surface area contributed by atoms with Crippen LogP contribution in [0, 0.1) is 11.3 Å². The second-order valence-electron chi connectivity index (χ2n) is 6.74. The van der Waals surface area contributed by atoms with Crippen molar-refractivity contribution in [2.24, 2.45) is 17.1 Å². The maximum atomic E-state index is 11.5. The Labute approximate surface area is 115 Å². The number of rotatable bonds is 2. The molecule has 1 atom stereocenters. The molecule has 0 aromatic carbocycles. The van der Waals surface area contributed by atoms with Crippen molar-refractivity contribution in [1.29, 1.82) is 0 Å². The van der Waals surface area contributed by atoms with Crippen LogP contribution in [0.5, 0.6) is 0 Å². The molecule has 2 N–H and O–H groups in total. The van der Waals surface area contributed by atoms with E-state index in [4.69, 9.17) is 10.5 Å². The molecule has 1 saturated heterocycles. The first kappa shape index (κ1) is 13.4. The number of nitrogens with two attached hydrogens (primary N) is 1. The van der Waals surface area contributed by atoms with Crippen molar-refractivity contribution < 1.29 is 9.53 Å². The van der Waals surface area contributed by atoms with Gasteiger partial charge in [0.25, 0.3) is 0 Å². The molecule has 0 bridgehead atoms. The number of esters is 1. The fourth-order valence-corrected chi connectivity index (χ4v) is 4.16. The summed E-state index contributed by atoms with van der Waals surface area (Å²) >= 11 is 0. The number of carbonyl (C=O) groups is 1. The van der Waals surface area contributed by atoms with Crippen molar-refractivity contribution in [2.75, 3.05) is 20.2 Å². The van der Waals surface area contributed by atoms with Crippen LogP contribution >= 0.6 is 0 Å². The number of hydrogen-bond donors (Lipinski definition) is 1. The molecule has 1 spiro atoms. The van der Waals surface area contributed by atoms with Gasteiger partial charge in [0.05, 0.1) is 13.0 Å². The van der Waals surface area contributed by atoms with E-state index in [1.807, 2.05) is 0 Å². The molecule has 1 aliphatic heterocycles. The van der Waals surface area contributed by atoms with Gasteiger partial charge in [-0.1, -0.05) is 0 Å². The summed E-state index contributed by atoms with van der Waals surface area (Å²) in [5.41, 5.74) is 6.59. The van der Waals surface area contributed by atoms with Crippen molar-refractivity contribution in [2.45, 2.75) is 57.0 Å². The van der Waals surface area contributed by atoms with Crippen LogP contribution in [0.2, 0.25) is 0 Å². The van der Waals surface area contributed by atoms with Gasteiger partial charge >= 0.3 is 5.97 Å². The maximum Gasteiger partial charge on any atom is 0.308 e. The van der Waals surface area contributed by atoms with Gasteiger partial charge in [0.1, 0.15) is 0 Å². The fourth-order valence-electron chi connectivity index (χ4n) is 4.16. The molecule has 0 aromatic rings. The molecule has 1 unspecified atom stereocenters. The van der Waals surface area contributed by atoms with Crippen molar-refractivity contribution >= 4 is 5.97 Å². The highest BCUT2D eigenvalue weighted by molar-refractivity contribution is 5.72. The second kappa shape index (κ2) is 5.06. The van der Waals surface area contributed by atoms with Crippen LogP contribution in [0.25, 0.3) is 0 Å². The topological polar surface area (TPSA) is 55.6 Å². The smallest absolute Gasteiger partial charge is 0.308 e. The number of methoxy groups -OCH3 is 1. The molecule has 108 valence electrons. The minimum absolute atomic E-state index is 0.0220. The third kappa shape index (κ3) is 2.52. The summed E-state index contributed by atoms with van der Waals surface area (Å²) < 4.78 is 4.85. The number of piperidine rings is 1. The zero-order valence-electron chi connectivity index (χ0n) is 11.9. The molecule has 4 nitrogen and oxygen atoms in total. The van der Waals surface area contributed by atoms with Gasteiger partial charge in [0, 0.05) is 12.1 Å². The fraction of sp³-hybridized carbons (Fsp3) is 0.933. The Bertz CT molecular complexity index is 342. The molecule has 4 heteroatoms. The van der Waals surface area contributed by atoms with Gasteiger partial charge < -0.3 is 15.4 Å². The number of carbonyl (C=O) groups excluding carboxylic acids is 1. The number of nitrogens with zero attached hydrogens (tertiary/aromatic N) is 1. The van der Waals surface area contributed by atoms with Gasteiger partial charge in [0.15, 0.2) is 0 Å². The molecular formula is C15H26N2O2. The SMILES string of the molecule is COC(=O)C1CCN(C2CCC3(CC2)CC3N)CC1. The normalized spacial score (nSPS) is 40.3. The molecular weight excluding hydrogens is 240 g/mol. The zero-order chi connectivity index (χ0) is 13.5. The molecule has 0 amide bonds. The van der Waals surface area contributed by atoms with E-state index in [2.05, 4.69) is 4.90 Å². The Morgan fingerprint density at radius 2 is 1.79 bits per heavy atom. The quantitative estimate of drug-likeness (QED) is 0.770. The highest BCUT2D eigenvalue weighted by Gasteiger charge is 2.53. The number of likely N-dealkylation sites (tertiary alicyclic amines) is 1. The Morgan fingerprint density at radius 3 is 2.26 bits per heavy atom. The molecule has 3 fully saturated rings. The summed E-state index contributed by atoms with van der Waals surface area (Å²) in [6, 6.07) is 1.22. The van der Waals surface area contributed by atoms with Crippen LogP contribution in [0.1, 0.15) is 44.9 Å². The van der Waals surface area contributed by atoms with Gasteiger partial charge in [-0.3, -0.25) is 4.79 Å². The lowest BCUT2D eigenvalue weighted by Crippen LogP contribution is -2.45. The van der Waals surface area contributed by atoms with Gasteiger partial charge in [-0.15, -0.1) is 0 Å². The summed E-state index contributed by atoms with van der Waals surface area (Å²) in [5.74, 6) is 0.110. The van der Waals surface area contributed by atoms with E-state index in [1.54, 1.807) is 0 Å². The lowest BCUT2D eigenvalue weighted by atomic mass is 9.81. The lowest BCUT2D eigenvalue weighted by Gasteiger charge is -2.40. The Hall–Kier alpha value is -0.610. The average Bonchev–Trinajstić information content (AvgIpc) is 3.08. The number of ether oxygens (including phenoxy) is 1. The summed E-state index contributed by atoms with van der Waals surface area (Å²) in [6.45, 7) is 2.12. The number of hydrogen-bond acceptors (Lipinski definition) is 4. The van der Waals surface area contributed by atoms with Crippen LogP contribution in [-0.2, 0) is 9.53 Å². The van der Waals surface area contributed by atoms with E-state index < -0.39 is 0 Å². The summed E-state index contributed by atoms with van der Waals surface area (Å²) in [6.07, 6.45) is 8.42. The van der Waals surface area contributed by atoms with E-state index in [-0.39, 0.29) is 11.9 Å². The zero-order valence-corrected chi connectivity index (χ0v) is 11.9. The van der Waals surface area contributed by atoms with Gasteiger partial charge in [-0.05, 0) is 63.5 Å². The Balaban J connectivity index is 1.46. The molecule has 0 radical (unpaired) electrons. The molecule has 19 heavy (non-hydrogen) atoms. The third-order valence-corrected chi connectivity index (χ3v) is 5.78. The molecule has 2 saturated carbocycles. The maximum absolute atomic E-state index is 11.5. The minimum atomic E-state index is -0.0220. The molecule has 2 aliphatic carbocycles. The molecule has 0 aromatic heterocycles. The monoisotopic (exact) mass is 266 g/mol. The molecule has 3 aliphatic rings. The van der Waals surface area contributed by atoms with Crippen LogP contribution in [0.4, 0.5) is 0 Å². The van der Waals surface area contributed by atoms with Crippen LogP contribution in [0.15, 0.2) is 0 Å². The highest BCUT2D eigenvalue weighted by atomic mass is 16.5. The van der Waals surface area contributed by atoms with Crippen LogP contribution in [0.3, 0.4) is 0 Å². The summed E-state index contributed by atoms with van der Waals surface area (Å²) in [5, 5.41) is 0. The van der Waals surface area contributed by atoms with E-state index >= 15 is 0 Å². The van der Waals surface area contributed by atoms with Crippen LogP contribution in [-0.4, -0.2) is 43.2 Å². The van der Waals surface area contributed by atoms with Crippen molar-refractivity contribution in [1.82, 2.24) is 4.90 Å². The first-order valence-electron chi connectivity index (χ1n) is 7.72. The predicted molar refractivity (Wildman–Crippen MR) is 73.6 cm³/mol. The predicted octanol–water partition coefficient (Wildman–Crippen LogP) is 1.53. The van der Waals surface area contributed by atoms with E-state index in [0.29, 0.717) is 11.5 Å². The van der Waals surface area contributed by atoms with E-state index in [1.165, 1.54) is 39.2 Å². The second-order valence-corrected chi connectivity index (χ2v) is 6.74. The van der Waals surface area contributed by atoms with E-state index in [9.17, 15) is 4.79 Å². The average molecular weight is 266 g/mol. The van der Waals surface area contributed by atoms with Gasteiger partial charge in [0.2, 0.25) is 0 Å². The molecule has 1 heterocycles. The summed E-state index contributed by atoms with van der Waals surface area (Å²) in [4.78, 5) is 14.1. The summed E-state index contributed by atoms with van der Waals surface area (Å²) in [7, 11) is 1.49. The largest absolute Gasteiger partial charge is 0.469 e. The highest BCUT2D eigenvalue weighted by Crippen LogP contribution is 2.55.